The van der Waals surface area contributed by atoms with Crippen molar-refractivity contribution < 1.29 is 9.59 Å². The van der Waals surface area contributed by atoms with Gasteiger partial charge in [-0.2, -0.15) is 5.26 Å². The van der Waals surface area contributed by atoms with E-state index in [0.29, 0.717) is 22.5 Å². The quantitative estimate of drug-likeness (QED) is 0.466. The Kier molecular flexibility index (Phi) is 6.41. The third-order valence-electron chi connectivity index (χ3n) is 4.41. The van der Waals surface area contributed by atoms with Gasteiger partial charge in [-0.25, -0.2) is 0 Å². The Labute approximate surface area is 175 Å². The number of nitrogens with one attached hydrogen (secondary N) is 2. The summed E-state index contributed by atoms with van der Waals surface area (Å²) in [5.74, 6) is -0.717. The lowest BCUT2D eigenvalue weighted by Crippen LogP contribution is -2.13. The lowest BCUT2D eigenvalue weighted by molar-refractivity contribution is -0.112. The van der Waals surface area contributed by atoms with Gasteiger partial charge in [-0.3, -0.25) is 9.59 Å². The first-order valence-corrected chi connectivity index (χ1v) is 9.42. The van der Waals surface area contributed by atoms with E-state index in [-0.39, 0.29) is 11.5 Å². The molecule has 0 aromatic heterocycles. The summed E-state index contributed by atoms with van der Waals surface area (Å²) in [4.78, 5) is 24.9. The van der Waals surface area contributed by atoms with Gasteiger partial charge in [-0.15, -0.1) is 0 Å². The molecule has 0 fully saturated rings. The Morgan fingerprint density at radius 2 is 1.50 bits per heavy atom. The smallest absolute Gasteiger partial charge is 0.266 e. The number of benzene rings is 3. The number of anilines is 2. The number of aryl methyl sites for hydroxylation is 2. The zero-order valence-electron chi connectivity index (χ0n) is 16.8. The molecule has 0 aliphatic rings. The topological polar surface area (TPSA) is 82.0 Å². The van der Waals surface area contributed by atoms with E-state index in [0.717, 1.165) is 11.1 Å². The van der Waals surface area contributed by atoms with Crippen LogP contribution in [0.3, 0.4) is 0 Å². The standard InChI is InChI=1S/C25H21N3O2/c1-17-9-11-20(12-10-17)24(29)28-23-8-4-6-19(15-23)14-21(16-26)25(30)27-22-7-3-5-18(2)13-22/h3-15H,1-2H3,(H,27,30)(H,28,29)/b21-14+. The highest BCUT2D eigenvalue weighted by Gasteiger charge is 2.10. The lowest BCUT2D eigenvalue weighted by Gasteiger charge is -2.07. The van der Waals surface area contributed by atoms with Crippen LogP contribution in [0.2, 0.25) is 0 Å². The molecule has 30 heavy (non-hydrogen) atoms. The van der Waals surface area contributed by atoms with Gasteiger partial charge in [0.1, 0.15) is 11.6 Å². The van der Waals surface area contributed by atoms with Gasteiger partial charge in [-0.1, -0.05) is 42.0 Å². The van der Waals surface area contributed by atoms with Crippen LogP contribution in [0.15, 0.2) is 78.4 Å². The Bertz CT molecular complexity index is 1160. The minimum atomic E-state index is -0.489. The van der Waals surface area contributed by atoms with Crippen molar-refractivity contribution in [3.63, 3.8) is 0 Å². The SMILES string of the molecule is Cc1ccc(C(=O)Nc2cccc(/C=C(\C#N)C(=O)Nc3cccc(C)c3)c2)cc1. The first-order chi connectivity index (χ1) is 14.4. The predicted octanol–water partition coefficient (Wildman–Crippen LogP) is 5.10. The van der Waals surface area contributed by atoms with E-state index in [1.165, 1.54) is 6.08 Å². The van der Waals surface area contributed by atoms with Gasteiger partial charge in [-0.05, 0) is 67.4 Å². The van der Waals surface area contributed by atoms with Gasteiger partial charge in [0.15, 0.2) is 0 Å². The summed E-state index contributed by atoms with van der Waals surface area (Å²) in [6.45, 7) is 3.88. The van der Waals surface area contributed by atoms with Crippen molar-refractivity contribution >= 4 is 29.3 Å². The van der Waals surface area contributed by atoms with Gasteiger partial charge >= 0.3 is 0 Å². The summed E-state index contributed by atoms with van der Waals surface area (Å²) >= 11 is 0. The van der Waals surface area contributed by atoms with Crippen molar-refractivity contribution in [2.45, 2.75) is 13.8 Å². The summed E-state index contributed by atoms with van der Waals surface area (Å²) in [7, 11) is 0. The number of hydrogen-bond acceptors (Lipinski definition) is 3. The van der Waals surface area contributed by atoms with Gasteiger partial charge in [0.05, 0.1) is 0 Å². The Morgan fingerprint density at radius 1 is 0.833 bits per heavy atom. The molecule has 2 amide bonds. The van der Waals surface area contributed by atoms with E-state index >= 15 is 0 Å². The molecule has 0 aliphatic carbocycles. The molecule has 0 saturated heterocycles. The molecule has 148 valence electrons. The van der Waals surface area contributed by atoms with Crippen LogP contribution in [0.5, 0.6) is 0 Å². The minimum absolute atomic E-state index is 0.0292. The molecule has 0 aliphatic heterocycles. The lowest BCUT2D eigenvalue weighted by atomic mass is 10.1. The van der Waals surface area contributed by atoms with Gasteiger partial charge in [0.2, 0.25) is 0 Å². The van der Waals surface area contributed by atoms with E-state index in [2.05, 4.69) is 10.6 Å². The van der Waals surface area contributed by atoms with Gasteiger partial charge < -0.3 is 10.6 Å². The Balaban J connectivity index is 1.75. The van der Waals surface area contributed by atoms with Crippen LogP contribution in [0.4, 0.5) is 11.4 Å². The fraction of sp³-hybridized carbons (Fsp3) is 0.0800. The number of carbonyl (C=O) groups is 2. The van der Waals surface area contributed by atoms with E-state index in [4.69, 9.17) is 0 Å². The highest BCUT2D eigenvalue weighted by molar-refractivity contribution is 6.10. The molecule has 0 saturated carbocycles. The summed E-state index contributed by atoms with van der Waals surface area (Å²) in [6.07, 6.45) is 1.49. The second-order valence-electron chi connectivity index (χ2n) is 6.94. The summed E-state index contributed by atoms with van der Waals surface area (Å²) < 4.78 is 0. The zero-order chi connectivity index (χ0) is 21.5. The predicted molar refractivity (Wildman–Crippen MR) is 119 cm³/mol. The third-order valence-corrected chi connectivity index (χ3v) is 4.41. The molecule has 0 heterocycles. The highest BCUT2D eigenvalue weighted by Crippen LogP contribution is 2.17. The maximum absolute atomic E-state index is 12.5. The minimum Gasteiger partial charge on any atom is -0.322 e. The zero-order valence-corrected chi connectivity index (χ0v) is 16.8. The molecule has 0 atom stereocenters. The molecule has 0 unspecified atom stereocenters. The van der Waals surface area contributed by atoms with Crippen molar-refractivity contribution in [3.05, 3.63) is 101 Å². The monoisotopic (exact) mass is 395 g/mol. The van der Waals surface area contributed by atoms with Crippen LogP contribution >= 0.6 is 0 Å². The van der Waals surface area contributed by atoms with E-state index in [1.807, 2.05) is 50.2 Å². The molecular formula is C25H21N3O2. The average Bonchev–Trinajstić information content (AvgIpc) is 2.72. The molecular weight excluding hydrogens is 374 g/mol. The fourth-order valence-electron chi connectivity index (χ4n) is 2.85. The van der Waals surface area contributed by atoms with Crippen molar-refractivity contribution in [2.24, 2.45) is 0 Å². The molecule has 0 spiro atoms. The third kappa shape index (κ3) is 5.43. The van der Waals surface area contributed by atoms with Crippen LogP contribution in [-0.4, -0.2) is 11.8 Å². The highest BCUT2D eigenvalue weighted by atomic mass is 16.2. The summed E-state index contributed by atoms with van der Waals surface area (Å²) in [5.41, 5.74) is 4.44. The van der Waals surface area contributed by atoms with Gasteiger partial charge in [0, 0.05) is 16.9 Å². The molecule has 0 bridgehead atoms. The van der Waals surface area contributed by atoms with Crippen LogP contribution < -0.4 is 10.6 Å². The van der Waals surface area contributed by atoms with Gasteiger partial charge in [0.25, 0.3) is 11.8 Å². The first kappa shape index (κ1) is 20.6. The van der Waals surface area contributed by atoms with Crippen LogP contribution in [0.25, 0.3) is 6.08 Å². The number of amides is 2. The van der Waals surface area contributed by atoms with Crippen molar-refractivity contribution in [1.29, 1.82) is 5.26 Å². The summed E-state index contributed by atoms with van der Waals surface area (Å²) in [5, 5.41) is 15.0. The number of rotatable bonds is 5. The van der Waals surface area contributed by atoms with E-state index in [9.17, 15) is 14.9 Å². The van der Waals surface area contributed by atoms with Crippen molar-refractivity contribution in [3.8, 4) is 6.07 Å². The molecule has 3 aromatic rings. The molecule has 3 rings (SSSR count). The van der Waals surface area contributed by atoms with Crippen LogP contribution in [0, 0.1) is 25.2 Å². The maximum atomic E-state index is 12.5. The number of nitriles is 1. The van der Waals surface area contributed by atoms with E-state index in [1.54, 1.807) is 42.5 Å². The van der Waals surface area contributed by atoms with E-state index < -0.39 is 5.91 Å². The second-order valence-corrected chi connectivity index (χ2v) is 6.94. The molecule has 2 N–H and O–H groups in total. The number of nitrogens with zero attached hydrogens (tertiary/aromatic N) is 1. The number of hydrogen-bond donors (Lipinski definition) is 2. The Morgan fingerprint density at radius 3 is 2.17 bits per heavy atom. The molecule has 5 heteroatoms. The first-order valence-electron chi connectivity index (χ1n) is 9.42. The number of carbonyl (C=O) groups excluding carboxylic acids is 2. The maximum Gasteiger partial charge on any atom is 0.266 e. The molecule has 0 radical (unpaired) electrons. The Hall–Kier alpha value is -4.17. The summed E-state index contributed by atoms with van der Waals surface area (Å²) in [6, 6.07) is 23.5. The average molecular weight is 395 g/mol. The second kappa shape index (κ2) is 9.35. The normalized spacial score (nSPS) is 10.8. The van der Waals surface area contributed by atoms with Crippen molar-refractivity contribution in [2.75, 3.05) is 10.6 Å². The molecule has 5 nitrogen and oxygen atoms in total. The fourth-order valence-corrected chi connectivity index (χ4v) is 2.85. The van der Waals surface area contributed by atoms with Crippen LogP contribution in [-0.2, 0) is 4.79 Å². The largest absolute Gasteiger partial charge is 0.322 e. The van der Waals surface area contributed by atoms with Crippen LogP contribution in [0.1, 0.15) is 27.0 Å². The van der Waals surface area contributed by atoms with Crippen molar-refractivity contribution in [1.82, 2.24) is 0 Å². The molecule has 3 aromatic carbocycles.